The van der Waals surface area contributed by atoms with Crippen LogP contribution in [0.1, 0.15) is 25.8 Å². The number of nitrogens with zero attached hydrogens (tertiary/aromatic N) is 2. The minimum absolute atomic E-state index is 0.828. The van der Waals surface area contributed by atoms with E-state index in [0.29, 0.717) is 0 Å². The molecule has 1 aromatic rings. The summed E-state index contributed by atoms with van der Waals surface area (Å²) in [5, 5.41) is 0. The highest BCUT2D eigenvalue weighted by molar-refractivity contribution is 5.88. The van der Waals surface area contributed by atoms with E-state index in [1.54, 1.807) is 0 Å². The molecule has 0 atom stereocenters. The Labute approximate surface area is 85.4 Å². The first-order valence-electron chi connectivity index (χ1n) is 5.02. The SMILES string of the molecule is CC.Cc1cccc2c1N=CCC=N2. The van der Waals surface area contributed by atoms with E-state index in [1.807, 2.05) is 38.4 Å². The molecule has 0 bridgehead atoms. The zero-order valence-electron chi connectivity index (χ0n) is 8.99. The third kappa shape index (κ3) is 2.28. The molecule has 0 aliphatic carbocycles. The molecular weight excluding hydrogens is 172 g/mol. The van der Waals surface area contributed by atoms with Crippen LogP contribution in [0.25, 0.3) is 0 Å². The number of benzene rings is 1. The lowest BCUT2D eigenvalue weighted by atomic mass is 10.2. The fourth-order valence-electron chi connectivity index (χ4n) is 1.26. The molecule has 1 heterocycles. The second-order valence-electron chi connectivity index (χ2n) is 2.80. The maximum atomic E-state index is 4.34. The Bertz CT molecular complexity index is 351. The van der Waals surface area contributed by atoms with Crippen molar-refractivity contribution in [1.82, 2.24) is 0 Å². The number of fused-ring (bicyclic) bond motifs is 1. The van der Waals surface area contributed by atoms with Gasteiger partial charge in [0.2, 0.25) is 0 Å². The zero-order valence-corrected chi connectivity index (χ0v) is 8.99. The largest absolute Gasteiger partial charge is 0.259 e. The second kappa shape index (κ2) is 5.32. The number of aryl methyl sites for hydroxylation is 1. The van der Waals surface area contributed by atoms with Crippen molar-refractivity contribution >= 4 is 23.8 Å². The van der Waals surface area contributed by atoms with E-state index in [2.05, 4.69) is 23.0 Å². The van der Waals surface area contributed by atoms with Gasteiger partial charge in [0.25, 0.3) is 0 Å². The van der Waals surface area contributed by atoms with Crippen molar-refractivity contribution in [3.63, 3.8) is 0 Å². The van der Waals surface area contributed by atoms with E-state index in [9.17, 15) is 0 Å². The van der Waals surface area contributed by atoms with Crippen molar-refractivity contribution in [2.45, 2.75) is 27.2 Å². The Morgan fingerprint density at radius 3 is 2.57 bits per heavy atom. The van der Waals surface area contributed by atoms with Crippen molar-refractivity contribution in [3.05, 3.63) is 23.8 Å². The van der Waals surface area contributed by atoms with Gasteiger partial charge in [-0.2, -0.15) is 0 Å². The highest BCUT2D eigenvalue weighted by Crippen LogP contribution is 2.31. The average Bonchev–Trinajstić information content (AvgIpc) is 2.47. The molecule has 2 rings (SSSR count). The van der Waals surface area contributed by atoms with Crippen LogP contribution in [-0.2, 0) is 0 Å². The summed E-state index contributed by atoms with van der Waals surface area (Å²) in [5.41, 5.74) is 3.16. The molecule has 74 valence electrons. The van der Waals surface area contributed by atoms with E-state index in [0.717, 1.165) is 17.8 Å². The molecule has 0 saturated heterocycles. The summed E-state index contributed by atoms with van der Waals surface area (Å²) in [5.74, 6) is 0. The Morgan fingerprint density at radius 2 is 1.79 bits per heavy atom. The van der Waals surface area contributed by atoms with Crippen LogP contribution < -0.4 is 0 Å². The lowest BCUT2D eigenvalue weighted by molar-refractivity contribution is 1.38. The van der Waals surface area contributed by atoms with Crippen molar-refractivity contribution in [3.8, 4) is 0 Å². The van der Waals surface area contributed by atoms with Crippen LogP contribution in [0.5, 0.6) is 0 Å². The third-order valence-corrected chi connectivity index (χ3v) is 1.88. The van der Waals surface area contributed by atoms with Crippen LogP contribution in [-0.4, -0.2) is 12.4 Å². The van der Waals surface area contributed by atoms with Crippen molar-refractivity contribution in [2.75, 3.05) is 0 Å². The summed E-state index contributed by atoms with van der Waals surface area (Å²) < 4.78 is 0. The fourth-order valence-corrected chi connectivity index (χ4v) is 1.26. The van der Waals surface area contributed by atoms with Crippen LogP contribution in [0.15, 0.2) is 28.2 Å². The quantitative estimate of drug-likeness (QED) is 0.591. The highest BCUT2D eigenvalue weighted by Gasteiger charge is 2.02. The van der Waals surface area contributed by atoms with Crippen LogP contribution in [0.4, 0.5) is 11.4 Å². The van der Waals surface area contributed by atoms with Gasteiger partial charge in [0.1, 0.15) is 0 Å². The molecule has 1 aliphatic rings. The van der Waals surface area contributed by atoms with Crippen molar-refractivity contribution in [1.29, 1.82) is 0 Å². The first-order chi connectivity index (χ1) is 6.88. The van der Waals surface area contributed by atoms with Gasteiger partial charge in [-0.25, -0.2) is 0 Å². The molecule has 1 aliphatic heterocycles. The van der Waals surface area contributed by atoms with Crippen LogP contribution in [0.2, 0.25) is 0 Å². The number of rotatable bonds is 0. The van der Waals surface area contributed by atoms with E-state index in [4.69, 9.17) is 0 Å². The van der Waals surface area contributed by atoms with E-state index < -0.39 is 0 Å². The van der Waals surface area contributed by atoms with Crippen LogP contribution in [0, 0.1) is 6.92 Å². The first kappa shape index (κ1) is 10.6. The zero-order chi connectivity index (χ0) is 10.4. The Kier molecular flexibility index (Phi) is 4.05. The summed E-state index contributed by atoms with van der Waals surface area (Å²) >= 11 is 0. The molecule has 0 amide bonds. The molecular formula is C12H16N2. The van der Waals surface area contributed by atoms with E-state index >= 15 is 0 Å². The molecule has 0 N–H and O–H groups in total. The topological polar surface area (TPSA) is 24.7 Å². The van der Waals surface area contributed by atoms with Gasteiger partial charge >= 0.3 is 0 Å². The molecule has 0 radical (unpaired) electrons. The maximum absolute atomic E-state index is 4.34. The summed E-state index contributed by atoms with van der Waals surface area (Å²) in [6.07, 6.45) is 4.60. The van der Waals surface area contributed by atoms with Gasteiger partial charge in [-0.1, -0.05) is 26.0 Å². The third-order valence-electron chi connectivity index (χ3n) is 1.88. The predicted molar refractivity (Wildman–Crippen MR) is 63.4 cm³/mol. The standard InChI is InChI=1S/C10H10N2.C2H6/c1-8-4-2-5-9-10(8)12-7-3-6-11-9;1-2/h2,4-7H,3H2,1H3;1-2H3. The Hall–Kier alpha value is -1.44. The Balaban J connectivity index is 0.000000461. The van der Waals surface area contributed by atoms with E-state index in [1.165, 1.54) is 5.56 Å². The molecule has 0 spiro atoms. The molecule has 2 heteroatoms. The van der Waals surface area contributed by atoms with Crippen molar-refractivity contribution < 1.29 is 0 Å². The van der Waals surface area contributed by atoms with Crippen LogP contribution >= 0.6 is 0 Å². The smallest absolute Gasteiger partial charge is 0.0911 e. The second-order valence-corrected chi connectivity index (χ2v) is 2.80. The molecule has 0 unspecified atom stereocenters. The molecule has 2 nitrogen and oxygen atoms in total. The maximum Gasteiger partial charge on any atom is 0.0911 e. The number of aliphatic imine (C=N–C) groups is 2. The van der Waals surface area contributed by atoms with Gasteiger partial charge in [0.05, 0.1) is 11.4 Å². The Morgan fingerprint density at radius 1 is 1.07 bits per heavy atom. The summed E-state index contributed by atoms with van der Waals surface area (Å²) in [7, 11) is 0. The minimum atomic E-state index is 0.828. The lowest BCUT2D eigenvalue weighted by Crippen LogP contribution is -1.73. The monoisotopic (exact) mass is 188 g/mol. The van der Waals surface area contributed by atoms with Gasteiger partial charge in [-0.05, 0) is 18.6 Å². The predicted octanol–water partition coefficient (Wildman–Crippen LogP) is 3.83. The summed E-state index contributed by atoms with van der Waals surface area (Å²) in [6.45, 7) is 6.05. The molecule has 14 heavy (non-hydrogen) atoms. The molecule has 0 aromatic heterocycles. The van der Waals surface area contributed by atoms with Crippen LogP contribution in [0.3, 0.4) is 0 Å². The summed E-state index contributed by atoms with van der Waals surface area (Å²) in [6, 6.07) is 6.05. The first-order valence-corrected chi connectivity index (χ1v) is 5.02. The summed E-state index contributed by atoms with van der Waals surface area (Å²) in [4.78, 5) is 8.63. The highest BCUT2D eigenvalue weighted by atomic mass is 14.8. The number of para-hydroxylation sites is 1. The fraction of sp³-hybridized carbons (Fsp3) is 0.333. The molecule has 1 aromatic carbocycles. The van der Waals surface area contributed by atoms with E-state index in [-0.39, 0.29) is 0 Å². The van der Waals surface area contributed by atoms with Gasteiger partial charge < -0.3 is 0 Å². The number of hydrogen-bond donors (Lipinski definition) is 0. The molecule has 0 fully saturated rings. The van der Waals surface area contributed by atoms with Gasteiger partial charge in [0, 0.05) is 18.9 Å². The van der Waals surface area contributed by atoms with Crippen molar-refractivity contribution in [2.24, 2.45) is 9.98 Å². The number of hydrogen-bond acceptors (Lipinski definition) is 2. The van der Waals surface area contributed by atoms with Gasteiger partial charge in [-0.15, -0.1) is 0 Å². The minimum Gasteiger partial charge on any atom is -0.259 e. The van der Waals surface area contributed by atoms with Gasteiger partial charge in [-0.3, -0.25) is 9.98 Å². The van der Waals surface area contributed by atoms with Gasteiger partial charge in [0.15, 0.2) is 0 Å². The lowest BCUT2D eigenvalue weighted by Gasteiger charge is -2.01. The normalized spacial score (nSPS) is 12.5. The molecule has 0 saturated carbocycles. The average molecular weight is 188 g/mol.